The van der Waals surface area contributed by atoms with Crippen molar-refractivity contribution in [3.63, 3.8) is 0 Å². The summed E-state index contributed by atoms with van der Waals surface area (Å²) in [6.07, 6.45) is 0. The minimum atomic E-state index is -0.549. The predicted molar refractivity (Wildman–Crippen MR) is 67.3 cm³/mol. The van der Waals surface area contributed by atoms with Gasteiger partial charge in [-0.15, -0.1) is 0 Å². The molecule has 0 saturated heterocycles. The number of carbonyl (C=O) groups is 2. The molecule has 0 radical (unpaired) electrons. The number of nitrogens with zero attached hydrogens (tertiary/aromatic N) is 1. The summed E-state index contributed by atoms with van der Waals surface area (Å²) in [5.74, 6) is -1.32. The summed E-state index contributed by atoms with van der Waals surface area (Å²) in [6.45, 7) is 1.33. The highest BCUT2D eigenvalue weighted by Gasteiger charge is 2.40. The minimum absolute atomic E-state index is 0.129. The van der Waals surface area contributed by atoms with Crippen molar-refractivity contribution < 1.29 is 14.7 Å². The van der Waals surface area contributed by atoms with Gasteiger partial charge in [-0.1, -0.05) is 23.7 Å². The van der Waals surface area contributed by atoms with E-state index in [-0.39, 0.29) is 11.4 Å². The van der Waals surface area contributed by atoms with E-state index in [1.807, 2.05) is 0 Å². The Morgan fingerprint density at radius 3 is 2.39 bits per heavy atom. The molecule has 1 aromatic rings. The number of halogens is 1. The molecule has 1 aromatic carbocycles. The van der Waals surface area contributed by atoms with Crippen LogP contribution in [0, 0.1) is 0 Å². The van der Waals surface area contributed by atoms with Gasteiger partial charge in [-0.25, -0.2) is 0 Å². The molecule has 94 valence electrons. The van der Waals surface area contributed by atoms with Gasteiger partial charge in [-0.3, -0.25) is 9.59 Å². The maximum absolute atomic E-state index is 11.7. The van der Waals surface area contributed by atoms with Crippen LogP contribution in [0.15, 0.2) is 35.6 Å². The zero-order valence-electron chi connectivity index (χ0n) is 9.98. The Morgan fingerprint density at radius 2 is 1.89 bits per heavy atom. The van der Waals surface area contributed by atoms with Gasteiger partial charge in [-0.05, 0) is 24.6 Å². The maximum atomic E-state index is 11.7. The average Bonchev–Trinajstić information content (AvgIpc) is 2.55. The largest absolute Gasteiger partial charge is 0.503 e. The van der Waals surface area contributed by atoms with Crippen molar-refractivity contribution in [2.24, 2.45) is 0 Å². The summed E-state index contributed by atoms with van der Waals surface area (Å²) in [7, 11) is 1.55. The topological polar surface area (TPSA) is 57.6 Å². The summed E-state index contributed by atoms with van der Waals surface area (Å²) < 4.78 is 0. The van der Waals surface area contributed by atoms with Crippen molar-refractivity contribution in [2.75, 3.05) is 7.05 Å². The van der Waals surface area contributed by atoms with Crippen LogP contribution in [0.2, 0.25) is 5.02 Å². The molecule has 1 N–H and O–H groups in total. The lowest BCUT2D eigenvalue weighted by molar-refractivity contribution is -0.128. The molecular weight excluding hydrogens is 254 g/mol. The van der Waals surface area contributed by atoms with Gasteiger partial charge < -0.3 is 10.0 Å². The highest BCUT2D eigenvalue weighted by atomic mass is 35.5. The summed E-state index contributed by atoms with van der Waals surface area (Å²) in [6, 6.07) is 6.29. The van der Waals surface area contributed by atoms with Crippen molar-refractivity contribution in [3.05, 3.63) is 46.2 Å². The lowest BCUT2D eigenvalue weighted by Crippen LogP contribution is -2.26. The van der Waals surface area contributed by atoms with Gasteiger partial charge in [-0.2, -0.15) is 0 Å². The fourth-order valence-electron chi connectivity index (χ4n) is 2.12. The quantitative estimate of drug-likeness (QED) is 0.892. The van der Waals surface area contributed by atoms with Gasteiger partial charge in [0.25, 0.3) is 5.91 Å². The number of Topliss-reactive ketones (excluding diaryl/α,β-unsaturated/α-hetero) is 1. The second kappa shape index (κ2) is 4.46. The van der Waals surface area contributed by atoms with E-state index in [0.717, 1.165) is 5.56 Å². The third-order valence-electron chi connectivity index (χ3n) is 3.00. The number of ketones is 1. The molecule has 1 atom stereocenters. The van der Waals surface area contributed by atoms with Crippen molar-refractivity contribution >= 4 is 23.3 Å². The Balaban J connectivity index is 2.52. The molecule has 0 bridgehead atoms. The highest BCUT2D eigenvalue weighted by Crippen LogP contribution is 2.36. The maximum Gasteiger partial charge on any atom is 0.289 e. The Kier molecular flexibility index (Phi) is 3.13. The molecule has 1 aliphatic heterocycles. The van der Waals surface area contributed by atoms with Crippen molar-refractivity contribution in [3.8, 4) is 0 Å². The van der Waals surface area contributed by atoms with Crippen LogP contribution in [-0.2, 0) is 9.59 Å². The van der Waals surface area contributed by atoms with Gasteiger partial charge in [0.2, 0.25) is 0 Å². The zero-order chi connectivity index (χ0) is 13.4. The normalized spacial score (nSPS) is 19.6. The fourth-order valence-corrected chi connectivity index (χ4v) is 2.24. The second-order valence-electron chi connectivity index (χ2n) is 4.19. The monoisotopic (exact) mass is 265 g/mol. The zero-order valence-corrected chi connectivity index (χ0v) is 10.7. The first-order valence-electron chi connectivity index (χ1n) is 5.40. The van der Waals surface area contributed by atoms with Gasteiger partial charge in [0.05, 0.1) is 11.6 Å². The van der Waals surface area contributed by atoms with Crippen molar-refractivity contribution in [1.29, 1.82) is 0 Å². The van der Waals surface area contributed by atoms with E-state index in [4.69, 9.17) is 11.6 Å². The molecule has 1 aliphatic rings. The first kappa shape index (κ1) is 12.6. The fraction of sp³-hybridized carbons (Fsp3) is 0.231. The van der Waals surface area contributed by atoms with Crippen LogP contribution in [0.4, 0.5) is 0 Å². The van der Waals surface area contributed by atoms with E-state index in [0.29, 0.717) is 5.02 Å². The molecule has 4 nitrogen and oxygen atoms in total. The number of likely N-dealkylation sites (N-methyl/N-ethyl adjacent to an activating group) is 1. The van der Waals surface area contributed by atoms with Crippen LogP contribution in [-0.4, -0.2) is 28.7 Å². The van der Waals surface area contributed by atoms with E-state index >= 15 is 0 Å². The first-order chi connectivity index (χ1) is 8.43. The Labute approximate surface area is 109 Å². The number of aliphatic hydroxyl groups is 1. The standard InChI is InChI=1S/C13H12ClNO3/c1-7(16)10-11(15(2)13(18)12(10)17)8-3-5-9(14)6-4-8/h3-6,11,17H,1-2H3/t11-/m0/s1. The van der Waals surface area contributed by atoms with E-state index in [2.05, 4.69) is 0 Å². The lowest BCUT2D eigenvalue weighted by atomic mass is 9.97. The van der Waals surface area contributed by atoms with Gasteiger partial charge in [0.15, 0.2) is 11.5 Å². The molecule has 2 rings (SSSR count). The number of amides is 1. The first-order valence-corrected chi connectivity index (χ1v) is 5.78. The molecular formula is C13H12ClNO3. The highest BCUT2D eigenvalue weighted by molar-refractivity contribution is 6.30. The SMILES string of the molecule is CC(=O)C1=C(O)C(=O)N(C)[C@H]1c1ccc(Cl)cc1. The number of benzene rings is 1. The van der Waals surface area contributed by atoms with Crippen LogP contribution in [0.25, 0.3) is 0 Å². The Morgan fingerprint density at radius 1 is 1.33 bits per heavy atom. The molecule has 5 heteroatoms. The molecule has 18 heavy (non-hydrogen) atoms. The summed E-state index contributed by atoms with van der Waals surface area (Å²) in [5.41, 5.74) is 0.870. The van der Waals surface area contributed by atoms with Gasteiger partial charge in [0, 0.05) is 12.1 Å². The Bertz CT molecular complexity index is 548. The molecule has 0 saturated carbocycles. The molecule has 0 aliphatic carbocycles. The van der Waals surface area contributed by atoms with E-state index < -0.39 is 17.7 Å². The van der Waals surface area contributed by atoms with Gasteiger partial charge >= 0.3 is 0 Å². The third kappa shape index (κ3) is 1.88. The molecule has 0 unspecified atom stereocenters. The average molecular weight is 266 g/mol. The molecule has 0 fully saturated rings. The molecule has 0 spiro atoms. The van der Waals surface area contributed by atoms with Crippen molar-refractivity contribution in [1.82, 2.24) is 4.90 Å². The number of rotatable bonds is 2. The summed E-state index contributed by atoms with van der Waals surface area (Å²) in [4.78, 5) is 24.6. The number of carbonyl (C=O) groups excluding carboxylic acids is 2. The number of hydrogen-bond donors (Lipinski definition) is 1. The van der Waals surface area contributed by atoms with Crippen LogP contribution < -0.4 is 0 Å². The summed E-state index contributed by atoms with van der Waals surface area (Å²) in [5, 5.41) is 10.3. The van der Waals surface area contributed by atoms with Crippen LogP contribution >= 0.6 is 11.6 Å². The molecule has 1 heterocycles. The van der Waals surface area contributed by atoms with Crippen LogP contribution in [0.1, 0.15) is 18.5 Å². The van der Waals surface area contributed by atoms with Crippen LogP contribution in [0.5, 0.6) is 0 Å². The van der Waals surface area contributed by atoms with Crippen LogP contribution in [0.3, 0.4) is 0 Å². The lowest BCUT2D eigenvalue weighted by Gasteiger charge is -2.22. The predicted octanol–water partition coefficient (Wildman–Crippen LogP) is 2.25. The van der Waals surface area contributed by atoms with Crippen molar-refractivity contribution in [2.45, 2.75) is 13.0 Å². The van der Waals surface area contributed by atoms with E-state index in [9.17, 15) is 14.7 Å². The van der Waals surface area contributed by atoms with E-state index in [1.54, 1.807) is 31.3 Å². The number of hydrogen-bond acceptors (Lipinski definition) is 3. The van der Waals surface area contributed by atoms with Gasteiger partial charge in [0.1, 0.15) is 0 Å². The Hall–Kier alpha value is -1.81. The van der Waals surface area contributed by atoms with E-state index in [1.165, 1.54) is 11.8 Å². The summed E-state index contributed by atoms with van der Waals surface area (Å²) >= 11 is 5.80. The third-order valence-corrected chi connectivity index (χ3v) is 3.26. The number of aliphatic hydroxyl groups excluding tert-OH is 1. The smallest absolute Gasteiger partial charge is 0.289 e. The molecule has 0 aromatic heterocycles. The molecule has 1 amide bonds. The minimum Gasteiger partial charge on any atom is -0.503 e. The second-order valence-corrected chi connectivity index (χ2v) is 4.63.